The third-order valence-corrected chi connectivity index (χ3v) is 2.10. The van der Waals surface area contributed by atoms with Crippen molar-refractivity contribution in [2.24, 2.45) is 0 Å². The van der Waals surface area contributed by atoms with Gasteiger partial charge in [0.05, 0.1) is 19.8 Å². The Kier molecular flexibility index (Phi) is 8.37. The van der Waals surface area contributed by atoms with Crippen LogP contribution in [0.3, 0.4) is 0 Å². The molecule has 1 atom stereocenters. The van der Waals surface area contributed by atoms with E-state index in [2.05, 4.69) is 14.2 Å². The third kappa shape index (κ3) is 5.22. The van der Waals surface area contributed by atoms with Gasteiger partial charge in [-0.05, 0) is 20.8 Å². The van der Waals surface area contributed by atoms with E-state index in [1.54, 1.807) is 0 Å². The first-order chi connectivity index (χ1) is 9.94. The van der Waals surface area contributed by atoms with Crippen molar-refractivity contribution in [1.29, 1.82) is 5.26 Å². The Labute approximate surface area is 121 Å². The van der Waals surface area contributed by atoms with Gasteiger partial charge >= 0.3 is 17.9 Å². The minimum absolute atomic E-state index is 0.0868. The van der Waals surface area contributed by atoms with Crippen LogP contribution in [0.2, 0.25) is 0 Å². The average Bonchev–Trinajstić information content (AvgIpc) is 2.44. The SMILES string of the molecule is CCOC(=O)C(C#N)=C(C(=O)OCC)C(F)C(=O)OCC. The van der Waals surface area contributed by atoms with E-state index in [1.165, 1.54) is 26.8 Å². The molecule has 0 N–H and O–H groups in total. The molecule has 0 aromatic carbocycles. The van der Waals surface area contributed by atoms with E-state index in [4.69, 9.17) is 5.26 Å². The Morgan fingerprint density at radius 2 is 1.48 bits per heavy atom. The highest BCUT2D eigenvalue weighted by Crippen LogP contribution is 2.17. The minimum atomic E-state index is -2.61. The molecule has 0 fully saturated rings. The summed E-state index contributed by atoms with van der Waals surface area (Å²) in [4.78, 5) is 34.7. The van der Waals surface area contributed by atoms with Crippen molar-refractivity contribution in [2.45, 2.75) is 26.9 Å². The van der Waals surface area contributed by atoms with Gasteiger partial charge in [0.1, 0.15) is 11.6 Å². The monoisotopic (exact) mass is 301 g/mol. The molecule has 0 aromatic heterocycles. The predicted molar refractivity (Wildman–Crippen MR) is 67.4 cm³/mol. The number of hydrogen-bond donors (Lipinski definition) is 0. The highest BCUT2D eigenvalue weighted by Gasteiger charge is 2.36. The standard InChI is InChI=1S/C13H16FNO6/c1-4-19-11(16)8(7-15)9(12(17)20-5-2)10(14)13(18)21-6-3/h10H,4-6H2,1-3H3. The molecule has 0 radical (unpaired) electrons. The molecule has 0 aliphatic rings. The first-order valence-corrected chi connectivity index (χ1v) is 6.23. The zero-order chi connectivity index (χ0) is 16.4. The lowest BCUT2D eigenvalue weighted by atomic mass is 10.0. The molecular weight excluding hydrogens is 285 g/mol. The van der Waals surface area contributed by atoms with E-state index < -0.39 is 35.2 Å². The summed E-state index contributed by atoms with van der Waals surface area (Å²) in [5, 5.41) is 8.94. The van der Waals surface area contributed by atoms with Gasteiger partial charge in [0.15, 0.2) is 5.57 Å². The van der Waals surface area contributed by atoms with Crippen molar-refractivity contribution in [1.82, 2.24) is 0 Å². The summed E-state index contributed by atoms with van der Waals surface area (Å²) < 4.78 is 27.6. The van der Waals surface area contributed by atoms with Gasteiger partial charge in [-0.1, -0.05) is 0 Å². The topological polar surface area (TPSA) is 103 Å². The van der Waals surface area contributed by atoms with Crippen LogP contribution in [0.5, 0.6) is 0 Å². The van der Waals surface area contributed by atoms with Crippen LogP contribution >= 0.6 is 0 Å². The zero-order valence-corrected chi connectivity index (χ0v) is 12.0. The third-order valence-electron chi connectivity index (χ3n) is 2.10. The average molecular weight is 301 g/mol. The number of halogens is 1. The van der Waals surface area contributed by atoms with Gasteiger partial charge in [-0.3, -0.25) is 0 Å². The van der Waals surface area contributed by atoms with Crippen LogP contribution in [0.1, 0.15) is 20.8 Å². The molecule has 1 unspecified atom stereocenters. The second kappa shape index (κ2) is 9.47. The molecule has 0 amide bonds. The lowest BCUT2D eigenvalue weighted by Crippen LogP contribution is -2.29. The van der Waals surface area contributed by atoms with Gasteiger partial charge in [-0.25, -0.2) is 18.8 Å². The van der Waals surface area contributed by atoms with Gasteiger partial charge in [0.25, 0.3) is 0 Å². The molecule has 0 bridgehead atoms. The van der Waals surface area contributed by atoms with Crippen LogP contribution in [0.15, 0.2) is 11.1 Å². The number of ether oxygens (including phenoxy) is 3. The quantitative estimate of drug-likeness (QED) is 0.297. The van der Waals surface area contributed by atoms with Gasteiger partial charge < -0.3 is 14.2 Å². The van der Waals surface area contributed by atoms with Gasteiger partial charge in [-0.15, -0.1) is 0 Å². The molecule has 0 aliphatic carbocycles. The van der Waals surface area contributed by atoms with Gasteiger partial charge in [0.2, 0.25) is 6.17 Å². The fourth-order valence-corrected chi connectivity index (χ4v) is 1.29. The lowest BCUT2D eigenvalue weighted by Gasteiger charge is -2.12. The molecule has 0 rings (SSSR count). The van der Waals surface area contributed by atoms with Crippen molar-refractivity contribution >= 4 is 17.9 Å². The van der Waals surface area contributed by atoms with Crippen LogP contribution < -0.4 is 0 Å². The van der Waals surface area contributed by atoms with Crippen LogP contribution in [-0.2, 0) is 28.6 Å². The zero-order valence-electron chi connectivity index (χ0n) is 12.0. The summed E-state index contributed by atoms with van der Waals surface area (Å²) in [6.07, 6.45) is -2.61. The van der Waals surface area contributed by atoms with Crippen LogP contribution in [0, 0.1) is 11.3 Å². The first-order valence-electron chi connectivity index (χ1n) is 6.23. The van der Waals surface area contributed by atoms with E-state index in [9.17, 15) is 18.8 Å². The molecule has 0 aromatic rings. The summed E-state index contributed by atoms with van der Waals surface area (Å²) in [6.45, 7) is 4.01. The van der Waals surface area contributed by atoms with Crippen molar-refractivity contribution in [3.63, 3.8) is 0 Å². The Morgan fingerprint density at radius 3 is 1.90 bits per heavy atom. The molecule has 0 saturated carbocycles. The number of esters is 3. The van der Waals surface area contributed by atoms with E-state index in [-0.39, 0.29) is 19.8 Å². The summed E-state index contributed by atoms with van der Waals surface area (Å²) in [6, 6.07) is 1.36. The first kappa shape index (κ1) is 18.6. The largest absolute Gasteiger partial charge is 0.464 e. The van der Waals surface area contributed by atoms with Crippen molar-refractivity contribution < 1.29 is 33.0 Å². The van der Waals surface area contributed by atoms with Crippen LogP contribution in [0.25, 0.3) is 0 Å². The molecule has 7 nitrogen and oxygen atoms in total. The Hall–Kier alpha value is -2.43. The fourth-order valence-electron chi connectivity index (χ4n) is 1.29. The molecule has 21 heavy (non-hydrogen) atoms. The van der Waals surface area contributed by atoms with Gasteiger partial charge in [0, 0.05) is 0 Å². The molecule has 0 spiro atoms. The molecule has 116 valence electrons. The smallest absolute Gasteiger partial charge is 0.349 e. The molecule has 0 heterocycles. The van der Waals surface area contributed by atoms with Crippen LogP contribution in [-0.4, -0.2) is 43.9 Å². The predicted octanol–water partition coefficient (Wildman–Crippen LogP) is 0.834. The van der Waals surface area contributed by atoms with Gasteiger partial charge in [-0.2, -0.15) is 5.26 Å². The second-order valence-electron chi connectivity index (χ2n) is 3.46. The molecule has 0 aliphatic heterocycles. The highest BCUT2D eigenvalue weighted by atomic mass is 19.1. The fraction of sp³-hybridized carbons (Fsp3) is 0.538. The van der Waals surface area contributed by atoms with Crippen molar-refractivity contribution in [2.75, 3.05) is 19.8 Å². The summed E-state index contributed by atoms with van der Waals surface area (Å²) in [5.74, 6) is -3.89. The number of nitrogens with zero attached hydrogens (tertiary/aromatic N) is 1. The summed E-state index contributed by atoms with van der Waals surface area (Å²) in [5.41, 5.74) is -1.94. The molecule has 0 saturated heterocycles. The summed E-state index contributed by atoms with van der Waals surface area (Å²) >= 11 is 0. The van der Waals surface area contributed by atoms with Crippen molar-refractivity contribution in [3.05, 3.63) is 11.1 Å². The number of nitriles is 1. The van der Waals surface area contributed by atoms with E-state index >= 15 is 0 Å². The summed E-state index contributed by atoms with van der Waals surface area (Å²) in [7, 11) is 0. The highest BCUT2D eigenvalue weighted by molar-refractivity contribution is 6.07. The number of alkyl halides is 1. The van der Waals surface area contributed by atoms with Crippen molar-refractivity contribution in [3.8, 4) is 6.07 Å². The molecular formula is C13H16FNO6. The maximum Gasteiger partial charge on any atom is 0.349 e. The minimum Gasteiger partial charge on any atom is -0.464 e. The maximum atomic E-state index is 14.1. The van der Waals surface area contributed by atoms with Crippen LogP contribution in [0.4, 0.5) is 4.39 Å². The number of hydrogen-bond acceptors (Lipinski definition) is 7. The van der Waals surface area contributed by atoms with E-state index in [1.807, 2.05) is 0 Å². The second-order valence-corrected chi connectivity index (χ2v) is 3.46. The maximum absolute atomic E-state index is 14.1. The number of rotatable bonds is 7. The lowest BCUT2D eigenvalue weighted by molar-refractivity contribution is -0.151. The van der Waals surface area contributed by atoms with E-state index in [0.717, 1.165) is 0 Å². The Bertz CT molecular complexity index is 480. The van der Waals surface area contributed by atoms with E-state index in [0.29, 0.717) is 0 Å². The normalized spacial score (nSPS) is 12.5. The Morgan fingerprint density at radius 1 is 1.00 bits per heavy atom. The number of carbonyl (C=O) groups is 3. The molecule has 8 heteroatoms. The number of carbonyl (C=O) groups excluding carboxylic acids is 3. The Balaban J connectivity index is 5.78.